The van der Waals surface area contributed by atoms with Crippen molar-refractivity contribution in [3.8, 4) is 0 Å². The van der Waals surface area contributed by atoms with Gasteiger partial charge in [-0.1, -0.05) is 69.8 Å². The van der Waals surface area contributed by atoms with Crippen LogP contribution in [0.15, 0.2) is 24.3 Å². The SMILES string of the molecule is CCCCCCCCCC=CCCC=C[C@@H](O)[C@@H](N)CO. The van der Waals surface area contributed by atoms with Crippen LogP contribution < -0.4 is 5.73 Å². The molecular formula is C18H35NO2. The first kappa shape index (κ1) is 20.4. The molecule has 21 heavy (non-hydrogen) atoms. The minimum Gasteiger partial charge on any atom is -0.395 e. The Morgan fingerprint density at radius 3 is 2.10 bits per heavy atom. The third-order valence-corrected chi connectivity index (χ3v) is 3.62. The molecule has 0 saturated heterocycles. The van der Waals surface area contributed by atoms with Crippen molar-refractivity contribution < 1.29 is 10.2 Å². The zero-order valence-electron chi connectivity index (χ0n) is 13.7. The Bertz CT molecular complexity index is 264. The number of nitrogens with two attached hydrogens (primary N) is 1. The van der Waals surface area contributed by atoms with Crippen molar-refractivity contribution in [3.05, 3.63) is 24.3 Å². The van der Waals surface area contributed by atoms with Crippen LogP contribution in [0.1, 0.15) is 71.1 Å². The fourth-order valence-corrected chi connectivity index (χ4v) is 2.13. The first-order chi connectivity index (χ1) is 10.2. The average molecular weight is 297 g/mol. The lowest BCUT2D eigenvalue weighted by Crippen LogP contribution is -2.36. The molecule has 0 fully saturated rings. The molecule has 124 valence electrons. The molecule has 2 atom stereocenters. The van der Waals surface area contributed by atoms with Gasteiger partial charge in [0, 0.05) is 0 Å². The predicted octanol–water partition coefficient (Wildman–Crippen LogP) is 3.70. The summed E-state index contributed by atoms with van der Waals surface area (Å²) in [6.07, 6.45) is 19.9. The third-order valence-electron chi connectivity index (χ3n) is 3.62. The molecule has 0 aromatic heterocycles. The predicted molar refractivity (Wildman–Crippen MR) is 91.2 cm³/mol. The summed E-state index contributed by atoms with van der Waals surface area (Å²) in [4.78, 5) is 0. The molecule has 0 saturated carbocycles. The van der Waals surface area contributed by atoms with E-state index in [1.54, 1.807) is 6.08 Å². The van der Waals surface area contributed by atoms with Crippen LogP contribution in [0.3, 0.4) is 0 Å². The van der Waals surface area contributed by atoms with Crippen molar-refractivity contribution in [2.75, 3.05) is 6.61 Å². The molecular weight excluding hydrogens is 262 g/mol. The second-order valence-electron chi connectivity index (χ2n) is 5.72. The van der Waals surface area contributed by atoms with Crippen LogP contribution in [0, 0.1) is 0 Å². The number of aliphatic hydroxyl groups excluding tert-OH is 2. The van der Waals surface area contributed by atoms with Crippen LogP contribution in [0.25, 0.3) is 0 Å². The summed E-state index contributed by atoms with van der Waals surface area (Å²) in [6, 6.07) is -0.575. The number of rotatable bonds is 14. The van der Waals surface area contributed by atoms with Crippen LogP contribution in [0.2, 0.25) is 0 Å². The summed E-state index contributed by atoms with van der Waals surface area (Å²) in [7, 11) is 0. The van der Waals surface area contributed by atoms with E-state index in [0.717, 1.165) is 12.8 Å². The van der Waals surface area contributed by atoms with Crippen LogP contribution in [-0.4, -0.2) is 29.0 Å². The van der Waals surface area contributed by atoms with Gasteiger partial charge in [0.1, 0.15) is 0 Å². The largest absolute Gasteiger partial charge is 0.395 e. The van der Waals surface area contributed by atoms with Gasteiger partial charge in [0.15, 0.2) is 0 Å². The van der Waals surface area contributed by atoms with E-state index in [1.165, 1.54) is 51.4 Å². The summed E-state index contributed by atoms with van der Waals surface area (Å²) in [5.74, 6) is 0. The van der Waals surface area contributed by atoms with Crippen molar-refractivity contribution in [2.45, 2.75) is 83.3 Å². The quantitative estimate of drug-likeness (QED) is 0.338. The maximum Gasteiger partial charge on any atom is 0.0894 e. The van der Waals surface area contributed by atoms with Gasteiger partial charge >= 0.3 is 0 Å². The highest BCUT2D eigenvalue weighted by Crippen LogP contribution is 2.09. The molecule has 3 nitrogen and oxygen atoms in total. The number of aliphatic hydroxyl groups is 2. The minimum atomic E-state index is -0.744. The van der Waals surface area contributed by atoms with Gasteiger partial charge in [-0.25, -0.2) is 0 Å². The first-order valence-electron chi connectivity index (χ1n) is 8.58. The summed E-state index contributed by atoms with van der Waals surface area (Å²) < 4.78 is 0. The smallest absolute Gasteiger partial charge is 0.0894 e. The Morgan fingerprint density at radius 2 is 1.43 bits per heavy atom. The van der Waals surface area contributed by atoms with Crippen molar-refractivity contribution in [2.24, 2.45) is 5.73 Å². The van der Waals surface area contributed by atoms with Crippen molar-refractivity contribution >= 4 is 0 Å². The first-order valence-corrected chi connectivity index (χ1v) is 8.58. The maximum atomic E-state index is 9.51. The number of hydrogen-bond donors (Lipinski definition) is 3. The molecule has 0 rings (SSSR count). The van der Waals surface area contributed by atoms with E-state index in [9.17, 15) is 5.11 Å². The lowest BCUT2D eigenvalue weighted by Gasteiger charge is -2.11. The van der Waals surface area contributed by atoms with Gasteiger partial charge in [-0.2, -0.15) is 0 Å². The van der Waals surface area contributed by atoms with Crippen molar-refractivity contribution in [1.29, 1.82) is 0 Å². The molecule has 0 aromatic carbocycles. The van der Waals surface area contributed by atoms with Gasteiger partial charge in [-0.15, -0.1) is 0 Å². The molecule has 0 spiro atoms. The van der Waals surface area contributed by atoms with E-state index in [-0.39, 0.29) is 6.61 Å². The molecule has 0 aromatic rings. The van der Waals surface area contributed by atoms with E-state index < -0.39 is 12.1 Å². The van der Waals surface area contributed by atoms with E-state index in [1.807, 2.05) is 6.08 Å². The highest BCUT2D eigenvalue weighted by Gasteiger charge is 2.08. The van der Waals surface area contributed by atoms with Gasteiger partial charge in [0.2, 0.25) is 0 Å². The third kappa shape index (κ3) is 14.1. The van der Waals surface area contributed by atoms with Gasteiger partial charge in [0.05, 0.1) is 18.8 Å². The molecule has 4 N–H and O–H groups in total. The van der Waals surface area contributed by atoms with E-state index >= 15 is 0 Å². The Balaban J connectivity index is 3.35. The van der Waals surface area contributed by atoms with Crippen molar-refractivity contribution in [1.82, 2.24) is 0 Å². The highest BCUT2D eigenvalue weighted by molar-refractivity contribution is 4.95. The Hall–Kier alpha value is -0.640. The topological polar surface area (TPSA) is 66.5 Å². The normalized spacial score (nSPS) is 15.0. The van der Waals surface area contributed by atoms with Gasteiger partial charge < -0.3 is 15.9 Å². The van der Waals surface area contributed by atoms with Crippen LogP contribution in [0.5, 0.6) is 0 Å². The molecule has 0 unspecified atom stereocenters. The van der Waals surface area contributed by atoms with Crippen LogP contribution in [0.4, 0.5) is 0 Å². The fourth-order valence-electron chi connectivity index (χ4n) is 2.13. The molecule has 0 radical (unpaired) electrons. The van der Waals surface area contributed by atoms with E-state index in [2.05, 4.69) is 19.1 Å². The molecule has 3 heteroatoms. The fraction of sp³-hybridized carbons (Fsp3) is 0.778. The van der Waals surface area contributed by atoms with Gasteiger partial charge in [-0.3, -0.25) is 0 Å². The monoisotopic (exact) mass is 297 g/mol. The molecule has 0 bridgehead atoms. The number of unbranched alkanes of at least 4 members (excludes halogenated alkanes) is 8. The number of allylic oxidation sites excluding steroid dienone is 3. The Kier molecular flexibility index (Phi) is 15.3. The van der Waals surface area contributed by atoms with Crippen LogP contribution in [-0.2, 0) is 0 Å². The zero-order valence-corrected chi connectivity index (χ0v) is 13.7. The van der Waals surface area contributed by atoms with Gasteiger partial charge in [-0.05, 0) is 25.7 Å². The number of hydrogen-bond acceptors (Lipinski definition) is 3. The summed E-state index contributed by atoms with van der Waals surface area (Å²) in [6.45, 7) is 2.06. The minimum absolute atomic E-state index is 0.191. The van der Waals surface area contributed by atoms with Crippen molar-refractivity contribution in [3.63, 3.8) is 0 Å². The summed E-state index contributed by atoms with van der Waals surface area (Å²) >= 11 is 0. The Labute approximate surface area is 130 Å². The highest BCUT2D eigenvalue weighted by atomic mass is 16.3. The van der Waals surface area contributed by atoms with E-state index in [4.69, 9.17) is 10.8 Å². The van der Waals surface area contributed by atoms with Crippen LogP contribution >= 0.6 is 0 Å². The maximum absolute atomic E-state index is 9.51. The average Bonchev–Trinajstić information content (AvgIpc) is 2.50. The molecule has 0 aliphatic carbocycles. The zero-order chi connectivity index (χ0) is 15.8. The molecule has 0 heterocycles. The summed E-state index contributed by atoms with van der Waals surface area (Å²) in [5, 5.41) is 18.3. The lowest BCUT2D eigenvalue weighted by atomic mass is 10.1. The standard InChI is InChI=1S/C18H35NO2/c1-2-3-4-5-6-7-8-9-10-11-12-13-14-15-18(21)17(19)16-20/h10-11,14-15,17-18,20-21H,2-9,12-13,16,19H2,1H3/t17-,18+/m0/s1. The second kappa shape index (κ2) is 15.7. The second-order valence-corrected chi connectivity index (χ2v) is 5.72. The molecule has 0 aliphatic heterocycles. The Morgan fingerprint density at radius 1 is 0.857 bits per heavy atom. The molecule has 0 aliphatic rings. The lowest BCUT2D eigenvalue weighted by molar-refractivity contribution is 0.144. The molecule has 0 amide bonds. The summed E-state index contributed by atoms with van der Waals surface area (Å²) in [5.41, 5.74) is 5.50. The van der Waals surface area contributed by atoms with Gasteiger partial charge in [0.25, 0.3) is 0 Å². The van der Waals surface area contributed by atoms with E-state index in [0.29, 0.717) is 0 Å².